The molecule has 0 heterocycles. The Bertz CT molecular complexity index is 429. The molecule has 0 radical (unpaired) electrons. The van der Waals surface area contributed by atoms with Gasteiger partial charge in [0.2, 0.25) is 0 Å². The minimum Gasteiger partial charge on any atom is -0.481 e. The zero-order chi connectivity index (χ0) is 15.1. The van der Waals surface area contributed by atoms with Gasteiger partial charge in [-0.15, -0.1) is 0 Å². The lowest BCUT2D eigenvalue weighted by atomic mass is 9.62. The van der Waals surface area contributed by atoms with Crippen molar-refractivity contribution in [2.75, 3.05) is 0 Å². The number of aliphatic carboxylic acids is 1. The number of carboxylic acid groups (broad SMARTS) is 1. The third-order valence-corrected chi connectivity index (χ3v) is 5.71. The summed E-state index contributed by atoms with van der Waals surface area (Å²) in [7, 11) is 0. The lowest BCUT2D eigenvalue weighted by Crippen LogP contribution is -2.31. The summed E-state index contributed by atoms with van der Waals surface area (Å²) in [6.07, 6.45) is 6.50. The fourth-order valence-corrected chi connectivity index (χ4v) is 4.39. The molecule has 0 spiro atoms. The predicted octanol–water partition coefficient (Wildman–Crippen LogP) is 5.04. The van der Waals surface area contributed by atoms with Crippen LogP contribution in [0.3, 0.4) is 0 Å². The van der Waals surface area contributed by atoms with Crippen molar-refractivity contribution in [3.05, 3.63) is 11.1 Å². The van der Waals surface area contributed by atoms with Gasteiger partial charge in [-0.1, -0.05) is 58.6 Å². The van der Waals surface area contributed by atoms with Crippen molar-refractivity contribution in [2.24, 2.45) is 22.7 Å². The first kappa shape index (κ1) is 15.6. The largest absolute Gasteiger partial charge is 0.481 e. The van der Waals surface area contributed by atoms with Gasteiger partial charge in [0, 0.05) is 0 Å². The Kier molecular flexibility index (Phi) is 4.05. The third-order valence-electron chi connectivity index (χ3n) is 5.71. The van der Waals surface area contributed by atoms with Gasteiger partial charge < -0.3 is 5.11 Å². The summed E-state index contributed by atoms with van der Waals surface area (Å²) in [6.45, 7) is 11.4. The molecule has 0 saturated heterocycles. The van der Waals surface area contributed by atoms with E-state index in [9.17, 15) is 9.90 Å². The van der Waals surface area contributed by atoms with Gasteiger partial charge >= 0.3 is 5.97 Å². The number of hydrogen-bond donors (Lipinski definition) is 1. The molecule has 20 heavy (non-hydrogen) atoms. The van der Waals surface area contributed by atoms with Crippen LogP contribution in [0.5, 0.6) is 0 Å². The minimum absolute atomic E-state index is 0.178. The second-order valence-corrected chi connectivity index (χ2v) is 8.06. The molecule has 0 saturated carbocycles. The van der Waals surface area contributed by atoms with Crippen molar-refractivity contribution in [3.63, 3.8) is 0 Å². The molecule has 2 nitrogen and oxygen atoms in total. The van der Waals surface area contributed by atoms with Crippen molar-refractivity contribution in [2.45, 2.75) is 73.1 Å². The summed E-state index contributed by atoms with van der Waals surface area (Å²) in [4.78, 5) is 11.7. The highest BCUT2D eigenvalue weighted by atomic mass is 16.4. The summed E-state index contributed by atoms with van der Waals surface area (Å²) in [5, 5.41) is 9.64. The lowest BCUT2D eigenvalue weighted by Gasteiger charge is -2.43. The van der Waals surface area contributed by atoms with Crippen LogP contribution in [0, 0.1) is 22.7 Å². The molecule has 0 aromatic heterocycles. The van der Waals surface area contributed by atoms with Crippen LogP contribution in [-0.2, 0) is 4.79 Å². The molecule has 2 unspecified atom stereocenters. The van der Waals surface area contributed by atoms with Crippen LogP contribution in [0.15, 0.2) is 11.1 Å². The zero-order valence-electron chi connectivity index (χ0n) is 13.8. The van der Waals surface area contributed by atoms with E-state index in [1.807, 2.05) is 0 Å². The van der Waals surface area contributed by atoms with Crippen molar-refractivity contribution in [3.8, 4) is 0 Å². The van der Waals surface area contributed by atoms with E-state index in [4.69, 9.17) is 0 Å². The van der Waals surface area contributed by atoms with Gasteiger partial charge in [0.05, 0.1) is 5.92 Å². The van der Waals surface area contributed by atoms with E-state index in [-0.39, 0.29) is 22.7 Å². The average molecular weight is 278 g/mol. The van der Waals surface area contributed by atoms with Gasteiger partial charge in [-0.05, 0) is 42.4 Å². The summed E-state index contributed by atoms with van der Waals surface area (Å²) in [6, 6.07) is 0. The Morgan fingerprint density at radius 3 is 2.35 bits per heavy atom. The molecule has 114 valence electrons. The van der Waals surface area contributed by atoms with Gasteiger partial charge in [-0.3, -0.25) is 4.79 Å². The molecule has 0 aliphatic heterocycles. The van der Waals surface area contributed by atoms with E-state index in [0.29, 0.717) is 0 Å². The Labute approximate surface area is 123 Å². The fourth-order valence-electron chi connectivity index (χ4n) is 4.39. The van der Waals surface area contributed by atoms with Gasteiger partial charge in [0.25, 0.3) is 0 Å². The molecule has 2 heteroatoms. The number of allylic oxidation sites excluding steroid dienone is 2. The van der Waals surface area contributed by atoms with Crippen molar-refractivity contribution >= 4 is 5.97 Å². The maximum Gasteiger partial charge on any atom is 0.307 e. The van der Waals surface area contributed by atoms with E-state index in [0.717, 1.165) is 25.7 Å². The molecule has 2 rings (SSSR count). The van der Waals surface area contributed by atoms with Crippen LogP contribution in [0.25, 0.3) is 0 Å². The van der Waals surface area contributed by atoms with E-state index < -0.39 is 5.97 Å². The van der Waals surface area contributed by atoms with Gasteiger partial charge in [-0.25, -0.2) is 0 Å². The van der Waals surface area contributed by atoms with Crippen LogP contribution in [0.1, 0.15) is 73.1 Å². The zero-order valence-corrected chi connectivity index (χ0v) is 13.8. The Hall–Kier alpha value is -0.790. The number of hydrogen-bond acceptors (Lipinski definition) is 1. The molecule has 2 aliphatic carbocycles. The highest BCUT2D eigenvalue weighted by Crippen LogP contribution is 2.59. The highest BCUT2D eigenvalue weighted by Gasteiger charge is 2.50. The standard InChI is InChI=1S/C18H30O2/c1-6-7-8-12-13(16(19)20)11-14-15(12)18(4,5)10-9-17(14,2)3/h12-13H,6-11H2,1-5H3,(H,19,20). The number of carbonyl (C=O) groups is 1. The number of rotatable bonds is 4. The molecule has 0 bridgehead atoms. The summed E-state index contributed by atoms with van der Waals surface area (Å²) in [5.41, 5.74) is 3.37. The van der Waals surface area contributed by atoms with Gasteiger partial charge in [0.1, 0.15) is 0 Å². The van der Waals surface area contributed by atoms with Crippen molar-refractivity contribution in [1.82, 2.24) is 0 Å². The SMILES string of the molecule is CCCCC1C2=C(CC1C(=O)O)C(C)(C)CCC2(C)C. The van der Waals surface area contributed by atoms with Crippen LogP contribution < -0.4 is 0 Å². The molecule has 0 aromatic carbocycles. The molecule has 0 aromatic rings. The molecule has 0 fully saturated rings. The predicted molar refractivity (Wildman–Crippen MR) is 82.6 cm³/mol. The van der Waals surface area contributed by atoms with Crippen LogP contribution >= 0.6 is 0 Å². The third kappa shape index (κ3) is 2.54. The van der Waals surface area contributed by atoms with E-state index in [2.05, 4.69) is 34.6 Å². The average Bonchev–Trinajstić information content (AvgIpc) is 2.74. The van der Waals surface area contributed by atoms with E-state index in [1.54, 1.807) is 0 Å². The summed E-state index contributed by atoms with van der Waals surface area (Å²) < 4.78 is 0. The second kappa shape index (κ2) is 5.20. The van der Waals surface area contributed by atoms with Crippen molar-refractivity contribution in [1.29, 1.82) is 0 Å². The first-order valence-corrected chi connectivity index (χ1v) is 8.17. The topological polar surface area (TPSA) is 37.3 Å². The molecule has 2 aliphatic rings. The monoisotopic (exact) mass is 278 g/mol. The Balaban J connectivity index is 2.43. The van der Waals surface area contributed by atoms with E-state index in [1.165, 1.54) is 24.0 Å². The number of unbranched alkanes of at least 4 members (excludes halogenated alkanes) is 1. The molecular weight excluding hydrogens is 248 g/mol. The first-order chi connectivity index (χ1) is 9.20. The van der Waals surface area contributed by atoms with Crippen LogP contribution in [-0.4, -0.2) is 11.1 Å². The van der Waals surface area contributed by atoms with E-state index >= 15 is 0 Å². The summed E-state index contributed by atoms with van der Waals surface area (Å²) in [5.74, 6) is -0.493. The maximum atomic E-state index is 11.7. The van der Waals surface area contributed by atoms with Crippen LogP contribution in [0.4, 0.5) is 0 Å². The van der Waals surface area contributed by atoms with Crippen molar-refractivity contribution < 1.29 is 9.90 Å². The Morgan fingerprint density at radius 1 is 1.20 bits per heavy atom. The molecular formula is C18H30O2. The normalized spacial score (nSPS) is 31.2. The highest BCUT2D eigenvalue weighted by molar-refractivity contribution is 5.73. The van der Waals surface area contributed by atoms with Gasteiger partial charge in [0.15, 0.2) is 0 Å². The maximum absolute atomic E-state index is 11.7. The minimum atomic E-state index is -0.591. The van der Waals surface area contributed by atoms with Crippen LogP contribution in [0.2, 0.25) is 0 Å². The smallest absolute Gasteiger partial charge is 0.307 e. The number of carboxylic acids is 1. The lowest BCUT2D eigenvalue weighted by molar-refractivity contribution is -0.142. The Morgan fingerprint density at radius 2 is 1.80 bits per heavy atom. The fraction of sp³-hybridized carbons (Fsp3) is 0.833. The quantitative estimate of drug-likeness (QED) is 0.731. The second-order valence-electron chi connectivity index (χ2n) is 8.06. The molecule has 2 atom stereocenters. The molecule has 0 amide bonds. The first-order valence-electron chi connectivity index (χ1n) is 8.17. The van der Waals surface area contributed by atoms with Gasteiger partial charge in [-0.2, -0.15) is 0 Å². The summed E-state index contributed by atoms with van der Waals surface area (Å²) >= 11 is 0. The molecule has 1 N–H and O–H groups in total.